The smallest absolute Gasteiger partial charge is 0.339 e. The van der Waals surface area contributed by atoms with Gasteiger partial charge in [0.05, 0.1) is 17.6 Å². The molecular formula is C13H17NO6S. The normalized spacial score (nSPS) is 13.0. The van der Waals surface area contributed by atoms with E-state index in [1.807, 2.05) is 0 Å². The Labute approximate surface area is 123 Å². The molecule has 21 heavy (non-hydrogen) atoms. The van der Waals surface area contributed by atoms with Crippen molar-refractivity contribution in [3.8, 4) is 0 Å². The largest absolute Gasteiger partial charge is 0.480 e. The van der Waals surface area contributed by atoms with E-state index in [9.17, 15) is 18.0 Å². The Morgan fingerprint density at radius 3 is 2.29 bits per heavy atom. The summed E-state index contributed by atoms with van der Waals surface area (Å²) < 4.78 is 31.2. The molecule has 0 saturated carbocycles. The molecule has 0 bridgehead atoms. The molecule has 1 atom stereocenters. The molecule has 0 aliphatic heterocycles. The summed E-state index contributed by atoms with van der Waals surface area (Å²) in [5, 5.41) is 9.06. The van der Waals surface area contributed by atoms with E-state index in [2.05, 4.69) is 9.46 Å². The van der Waals surface area contributed by atoms with Crippen LogP contribution in [0.25, 0.3) is 0 Å². The Morgan fingerprint density at radius 1 is 1.24 bits per heavy atom. The van der Waals surface area contributed by atoms with E-state index in [1.54, 1.807) is 13.8 Å². The van der Waals surface area contributed by atoms with Crippen molar-refractivity contribution < 1.29 is 27.9 Å². The summed E-state index contributed by atoms with van der Waals surface area (Å²) in [6.45, 7) is 3.15. The van der Waals surface area contributed by atoms with Gasteiger partial charge in [0.15, 0.2) is 0 Å². The molecule has 0 fully saturated rings. The Morgan fingerprint density at radius 2 is 1.81 bits per heavy atom. The molecule has 2 N–H and O–H groups in total. The zero-order chi connectivity index (χ0) is 16.2. The van der Waals surface area contributed by atoms with Gasteiger partial charge in [0.25, 0.3) is 0 Å². The van der Waals surface area contributed by atoms with Gasteiger partial charge < -0.3 is 9.84 Å². The second-order valence-corrected chi connectivity index (χ2v) is 6.35. The summed E-state index contributed by atoms with van der Waals surface area (Å²) in [5.41, 5.74) is -0.152. The van der Waals surface area contributed by atoms with Crippen LogP contribution >= 0.6 is 0 Å². The lowest BCUT2D eigenvalue weighted by Crippen LogP contribution is -2.44. The zero-order valence-electron chi connectivity index (χ0n) is 11.9. The van der Waals surface area contributed by atoms with E-state index in [4.69, 9.17) is 5.11 Å². The summed E-state index contributed by atoms with van der Waals surface area (Å²) in [7, 11) is -3.03. The number of rotatable bonds is 6. The van der Waals surface area contributed by atoms with Crippen LogP contribution in [0.15, 0.2) is 29.2 Å². The van der Waals surface area contributed by atoms with Crippen molar-refractivity contribution in [1.82, 2.24) is 4.72 Å². The van der Waals surface area contributed by atoms with Gasteiger partial charge in [0, 0.05) is 0 Å². The van der Waals surface area contributed by atoms with Crippen molar-refractivity contribution in [1.29, 1.82) is 0 Å². The second kappa shape index (κ2) is 6.68. The highest BCUT2D eigenvalue weighted by Crippen LogP contribution is 2.18. The van der Waals surface area contributed by atoms with Gasteiger partial charge in [-0.3, -0.25) is 4.79 Å². The zero-order valence-corrected chi connectivity index (χ0v) is 12.7. The summed E-state index contributed by atoms with van der Waals surface area (Å²) >= 11 is 0. The van der Waals surface area contributed by atoms with Crippen molar-refractivity contribution >= 4 is 22.0 Å². The van der Waals surface area contributed by atoms with Crippen molar-refractivity contribution in [2.24, 2.45) is 5.92 Å². The standard InChI is InChI=1S/C13H17NO6S/c1-8(2)11(12(15)16)14-21(18,19)10-7-5-4-6-9(10)13(17)20-3/h4-8,11,14H,1-3H3,(H,15,16). The van der Waals surface area contributed by atoms with E-state index in [0.29, 0.717) is 0 Å². The Kier molecular flexibility index (Phi) is 5.45. The molecule has 0 heterocycles. The third-order valence-corrected chi connectivity index (χ3v) is 4.30. The molecule has 0 aromatic heterocycles. The predicted octanol–water partition coefficient (Wildman–Crippen LogP) is 0.861. The average molecular weight is 315 g/mol. The molecular weight excluding hydrogens is 298 g/mol. The van der Waals surface area contributed by atoms with E-state index in [1.165, 1.54) is 24.3 Å². The van der Waals surface area contributed by atoms with Gasteiger partial charge in [0.2, 0.25) is 10.0 Å². The molecule has 1 aromatic carbocycles. The van der Waals surface area contributed by atoms with Crippen LogP contribution in [0.2, 0.25) is 0 Å². The fourth-order valence-corrected chi connectivity index (χ4v) is 3.21. The lowest BCUT2D eigenvalue weighted by molar-refractivity contribution is -0.140. The van der Waals surface area contributed by atoms with Gasteiger partial charge in [-0.25, -0.2) is 13.2 Å². The topological polar surface area (TPSA) is 110 Å². The molecule has 0 aliphatic rings. The maximum Gasteiger partial charge on any atom is 0.339 e. The molecule has 0 amide bonds. The van der Waals surface area contributed by atoms with Crippen molar-refractivity contribution in [3.05, 3.63) is 29.8 Å². The van der Waals surface area contributed by atoms with Crippen LogP contribution in [0, 0.1) is 5.92 Å². The first-order chi connectivity index (χ1) is 9.70. The molecule has 1 unspecified atom stereocenters. The molecule has 8 heteroatoms. The van der Waals surface area contributed by atoms with Crippen LogP contribution in [0.5, 0.6) is 0 Å². The Balaban J connectivity index is 3.26. The molecule has 0 aliphatic carbocycles. The first-order valence-corrected chi connectivity index (χ1v) is 7.61. The third-order valence-electron chi connectivity index (χ3n) is 2.80. The molecule has 0 radical (unpaired) electrons. The monoisotopic (exact) mass is 315 g/mol. The minimum absolute atomic E-state index is 0.152. The first kappa shape index (κ1) is 17.1. The number of carboxylic acids is 1. The number of carboxylic acid groups (broad SMARTS) is 1. The van der Waals surface area contributed by atoms with Gasteiger partial charge in [-0.1, -0.05) is 26.0 Å². The van der Waals surface area contributed by atoms with Crippen molar-refractivity contribution in [3.63, 3.8) is 0 Å². The number of hydrogen-bond donors (Lipinski definition) is 2. The number of esters is 1. The number of hydrogen-bond acceptors (Lipinski definition) is 5. The number of nitrogens with one attached hydrogen (secondary N) is 1. The molecule has 7 nitrogen and oxygen atoms in total. The number of carbonyl (C=O) groups excluding carboxylic acids is 1. The predicted molar refractivity (Wildman–Crippen MR) is 74.4 cm³/mol. The lowest BCUT2D eigenvalue weighted by atomic mass is 10.1. The molecule has 116 valence electrons. The van der Waals surface area contributed by atoms with Crippen LogP contribution < -0.4 is 4.72 Å². The van der Waals surface area contributed by atoms with Crippen molar-refractivity contribution in [2.75, 3.05) is 7.11 Å². The number of aliphatic carboxylic acids is 1. The fraction of sp³-hybridized carbons (Fsp3) is 0.385. The highest BCUT2D eigenvalue weighted by Gasteiger charge is 2.30. The van der Waals surface area contributed by atoms with Gasteiger partial charge >= 0.3 is 11.9 Å². The number of sulfonamides is 1. The first-order valence-electron chi connectivity index (χ1n) is 6.13. The fourth-order valence-electron chi connectivity index (χ4n) is 1.68. The lowest BCUT2D eigenvalue weighted by Gasteiger charge is -2.18. The van der Waals surface area contributed by atoms with Gasteiger partial charge in [-0.2, -0.15) is 4.72 Å². The summed E-state index contributed by atoms with van der Waals surface area (Å²) in [4.78, 5) is 22.4. The van der Waals surface area contributed by atoms with E-state index >= 15 is 0 Å². The van der Waals surface area contributed by atoms with Crippen LogP contribution in [-0.2, 0) is 19.6 Å². The minimum Gasteiger partial charge on any atom is -0.480 e. The average Bonchev–Trinajstić information content (AvgIpc) is 2.43. The number of benzene rings is 1. The van der Waals surface area contributed by atoms with Crippen LogP contribution in [-0.4, -0.2) is 38.6 Å². The molecule has 1 aromatic rings. The quantitative estimate of drug-likeness (QED) is 0.753. The van der Waals surface area contributed by atoms with Gasteiger partial charge in [0.1, 0.15) is 6.04 Å². The summed E-state index contributed by atoms with van der Waals surface area (Å²) in [6.07, 6.45) is 0. The SMILES string of the molecule is COC(=O)c1ccccc1S(=O)(=O)NC(C(=O)O)C(C)C. The van der Waals surface area contributed by atoms with E-state index in [0.717, 1.165) is 7.11 Å². The van der Waals surface area contributed by atoms with E-state index in [-0.39, 0.29) is 10.5 Å². The minimum atomic E-state index is -4.17. The Bertz CT molecular complexity index is 638. The van der Waals surface area contributed by atoms with Gasteiger partial charge in [-0.15, -0.1) is 0 Å². The Hall–Kier alpha value is -1.93. The van der Waals surface area contributed by atoms with Crippen LogP contribution in [0.3, 0.4) is 0 Å². The number of methoxy groups -OCH3 is 1. The second-order valence-electron chi connectivity index (χ2n) is 4.67. The number of ether oxygens (including phenoxy) is 1. The molecule has 0 saturated heterocycles. The van der Waals surface area contributed by atoms with Gasteiger partial charge in [-0.05, 0) is 18.1 Å². The van der Waals surface area contributed by atoms with Crippen molar-refractivity contribution in [2.45, 2.75) is 24.8 Å². The molecule has 1 rings (SSSR count). The molecule has 0 spiro atoms. The number of carbonyl (C=O) groups is 2. The van der Waals surface area contributed by atoms with Crippen LogP contribution in [0.1, 0.15) is 24.2 Å². The summed E-state index contributed by atoms with van der Waals surface area (Å²) in [6, 6.07) is 4.15. The maximum atomic E-state index is 12.3. The highest BCUT2D eigenvalue weighted by molar-refractivity contribution is 7.89. The van der Waals surface area contributed by atoms with Crippen LogP contribution in [0.4, 0.5) is 0 Å². The third kappa shape index (κ3) is 4.02. The summed E-state index contributed by atoms with van der Waals surface area (Å²) in [5.74, 6) is -2.56. The maximum absolute atomic E-state index is 12.3. The highest BCUT2D eigenvalue weighted by atomic mass is 32.2. The van der Waals surface area contributed by atoms with E-state index < -0.39 is 33.9 Å².